The first-order chi connectivity index (χ1) is 7.22. The molecule has 0 radical (unpaired) electrons. The quantitative estimate of drug-likeness (QED) is 0.589. The molecule has 0 amide bonds. The minimum Gasteiger partial charge on any atom is -0.297 e. The van der Waals surface area contributed by atoms with E-state index in [1.807, 2.05) is 0 Å². The standard InChI is InChI=1S/C12H20Br2O/c13-10-8-6-4-2-1-3-5-7-9-11(14)12(10)15/h10-11H,1-9H2. The zero-order chi connectivity index (χ0) is 11.1. The van der Waals surface area contributed by atoms with E-state index in [2.05, 4.69) is 31.9 Å². The molecule has 1 nitrogen and oxygen atoms in total. The number of hydrogen-bond donors (Lipinski definition) is 0. The van der Waals surface area contributed by atoms with E-state index < -0.39 is 0 Å². The summed E-state index contributed by atoms with van der Waals surface area (Å²) in [5.41, 5.74) is 0. The van der Waals surface area contributed by atoms with Crippen LogP contribution < -0.4 is 0 Å². The monoisotopic (exact) mass is 338 g/mol. The van der Waals surface area contributed by atoms with Crippen LogP contribution in [-0.4, -0.2) is 15.4 Å². The zero-order valence-electron chi connectivity index (χ0n) is 9.18. The average Bonchev–Trinajstić information content (AvgIpc) is 2.23. The molecule has 0 aliphatic heterocycles. The molecule has 1 aliphatic rings. The molecule has 0 saturated heterocycles. The van der Waals surface area contributed by atoms with Gasteiger partial charge in [0.25, 0.3) is 0 Å². The van der Waals surface area contributed by atoms with Gasteiger partial charge in [0.1, 0.15) is 0 Å². The Labute approximate surface area is 110 Å². The molecule has 2 unspecified atom stereocenters. The number of rotatable bonds is 0. The maximum atomic E-state index is 11.9. The van der Waals surface area contributed by atoms with Crippen molar-refractivity contribution in [3.8, 4) is 0 Å². The Morgan fingerprint density at radius 3 is 1.47 bits per heavy atom. The summed E-state index contributed by atoms with van der Waals surface area (Å²) in [5, 5.41) is 0. The van der Waals surface area contributed by atoms with Gasteiger partial charge in [0.05, 0.1) is 9.65 Å². The van der Waals surface area contributed by atoms with E-state index in [-0.39, 0.29) is 9.65 Å². The Morgan fingerprint density at radius 2 is 1.07 bits per heavy atom. The molecular formula is C12H20Br2O. The molecule has 2 atom stereocenters. The second kappa shape index (κ2) is 7.83. The zero-order valence-corrected chi connectivity index (χ0v) is 12.4. The molecule has 1 fully saturated rings. The fourth-order valence-electron chi connectivity index (χ4n) is 2.01. The third-order valence-electron chi connectivity index (χ3n) is 3.03. The van der Waals surface area contributed by atoms with Gasteiger partial charge in [0, 0.05) is 0 Å². The first-order valence-corrected chi connectivity index (χ1v) is 7.87. The molecule has 1 saturated carbocycles. The van der Waals surface area contributed by atoms with Crippen LogP contribution in [0.1, 0.15) is 57.8 Å². The van der Waals surface area contributed by atoms with Crippen molar-refractivity contribution in [1.82, 2.24) is 0 Å². The number of halogens is 2. The number of carbonyl (C=O) groups is 1. The minimum absolute atomic E-state index is 0.0706. The van der Waals surface area contributed by atoms with E-state index in [0.717, 1.165) is 12.8 Å². The van der Waals surface area contributed by atoms with Crippen LogP contribution in [0.3, 0.4) is 0 Å². The predicted molar refractivity (Wildman–Crippen MR) is 72.0 cm³/mol. The lowest BCUT2D eigenvalue weighted by Crippen LogP contribution is -2.24. The average molecular weight is 340 g/mol. The van der Waals surface area contributed by atoms with E-state index >= 15 is 0 Å². The largest absolute Gasteiger partial charge is 0.297 e. The summed E-state index contributed by atoms with van der Waals surface area (Å²) in [6, 6.07) is 0. The smallest absolute Gasteiger partial charge is 0.160 e. The van der Waals surface area contributed by atoms with Gasteiger partial charge in [-0.05, 0) is 12.8 Å². The molecular weight excluding hydrogens is 320 g/mol. The van der Waals surface area contributed by atoms with E-state index in [0.29, 0.717) is 5.78 Å². The van der Waals surface area contributed by atoms with Gasteiger partial charge in [-0.2, -0.15) is 0 Å². The van der Waals surface area contributed by atoms with Crippen molar-refractivity contribution in [3.05, 3.63) is 0 Å². The normalized spacial score (nSPS) is 31.7. The molecule has 15 heavy (non-hydrogen) atoms. The lowest BCUT2D eigenvalue weighted by Gasteiger charge is -2.15. The third kappa shape index (κ3) is 5.48. The summed E-state index contributed by atoms with van der Waals surface area (Å²) in [7, 11) is 0. The topological polar surface area (TPSA) is 17.1 Å². The summed E-state index contributed by atoms with van der Waals surface area (Å²) in [5.74, 6) is 0.343. The van der Waals surface area contributed by atoms with Crippen LogP contribution in [0.2, 0.25) is 0 Å². The Bertz CT molecular complexity index is 176. The SMILES string of the molecule is O=C1C(Br)CCCCCCCCCC1Br. The van der Waals surface area contributed by atoms with Crippen molar-refractivity contribution < 1.29 is 4.79 Å². The van der Waals surface area contributed by atoms with Gasteiger partial charge < -0.3 is 0 Å². The molecule has 1 aliphatic carbocycles. The summed E-state index contributed by atoms with van der Waals surface area (Å²) >= 11 is 7.01. The van der Waals surface area contributed by atoms with Gasteiger partial charge in [-0.25, -0.2) is 0 Å². The van der Waals surface area contributed by atoms with E-state index in [1.54, 1.807) is 0 Å². The van der Waals surface area contributed by atoms with E-state index in [4.69, 9.17) is 0 Å². The fraction of sp³-hybridized carbons (Fsp3) is 0.917. The molecule has 0 aromatic carbocycles. The molecule has 0 heterocycles. The van der Waals surface area contributed by atoms with Crippen LogP contribution >= 0.6 is 31.9 Å². The highest BCUT2D eigenvalue weighted by Crippen LogP contribution is 2.22. The highest BCUT2D eigenvalue weighted by molar-refractivity contribution is 9.10. The maximum absolute atomic E-state index is 11.9. The molecule has 0 aromatic rings. The molecule has 3 heteroatoms. The number of ketones is 1. The molecule has 0 spiro atoms. The summed E-state index contributed by atoms with van der Waals surface area (Å²) in [4.78, 5) is 12.0. The first-order valence-electron chi connectivity index (χ1n) is 6.03. The molecule has 0 N–H and O–H groups in total. The van der Waals surface area contributed by atoms with Crippen molar-refractivity contribution in [2.75, 3.05) is 0 Å². The van der Waals surface area contributed by atoms with Crippen LogP contribution in [0.4, 0.5) is 0 Å². The van der Waals surface area contributed by atoms with E-state index in [9.17, 15) is 4.79 Å². The Hall–Kier alpha value is 0.630. The van der Waals surface area contributed by atoms with Crippen LogP contribution in [0, 0.1) is 0 Å². The third-order valence-corrected chi connectivity index (χ3v) is 4.85. The highest BCUT2D eigenvalue weighted by Gasteiger charge is 2.22. The second-order valence-corrected chi connectivity index (χ2v) is 6.60. The van der Waals surface area contributed by atoms with Crippen molar-refractivity contribution in [3.63, 3.8) is 0 Å². The molecule has 0 aromatic heterocycles. The summed E-state index contributed by atoms with van der Waals surface area (Å²) in [6.07, 6.45) is 11.0. The van der Waals surface area contributed by atoms with Crippen molar-refractivity contribution in [2.45, 2.75) is 67.4 Å². The fourth-order valence-corrected chi connectivity index (χ4v) is 3.65. The van der Waals surface area contributed by atoms with Crippen LogP contribution in [0.5, 0.6) is 0 Å². The van der Waals surface area contributed by atoms with Crippen molar-refractivity contribution >= 4 is 37.6 Å². The number of Topliss-reactive ketones (excluding diaryl/α,β-unsaturated/α-hetero) is 1. The summed E-state index contributed by atoms with van der Waals surface area (Å²) in [6.45, 7) is 0. The molecule has 0 bridgehead atoms. The maximum Gasteiger partial charge on any atom is 0.160 e. The second-order valence-electron chi connectivity index (χ2n) is 4.39. The number of alkyl halides is 2. The van der Waals surface area contributed by atoms with Gasteiger partial charge in [-0.3, -0.25) is 4.79 Å². The Kier molecular flexibility index (Phi) is 7.15. The Balaban J connectivity index is 2.40. The number of hydrogen-bond acceptors (Lipinski definition) is 1. The van der Waals surface area contributed by atoms with Gasteiger partial charge in [-0.1, -0.05) is 76.8 Å². The highest BCUT2D eigenvalue weighted by atomic mass is 79.9. The Morgan fingerprint density at radius 1 is 0.733 bits per heavy atom. The van der Waals surface area contributed by atoms with Crippen molar-refractivity contribution in [2.24, 2.45) is 0 Å². The van der Waals surface area contributed by atoms with Crippen LogP contribution in [0.15, 0.2) is 0 Å². The lowest BCUT2D eigenvalue weighted by molar-refractivity contribution is -0.118. The van der Waals surface area contributed by atoms with Crippen molar-refractivity contribution in [1.29, 1.82) is 0 Å². The van der Waals surface area contributed by atoms with Gasteiger partial charge in [0.15, 0.2) is 5.78 Å². The van der Waals surface area contributed by atoms with E-state index in [1.165, 1.54) is 44.9 Å². The van der Waals surface area contributed by atoms with Crippen LogP contribution in [-0.2, 0) is 4.79 Å². The molecule has 1 rings (SSSR count). The van der Waals surface area contributed by atoms with Gasteiger partial charge >= 0.3 is 0 Å². The van der Waals surface area contributed by atoms with Crippen LogP contribution in [0.25, 0.3) is 0 Å². The predicted octanol–water partition coefficient (Wildman–Crippen LogP) is 4.61. The van der Waals surface area contributed by atoms with Gasteiger partial charge in [-0.15, -0.1) is 0 Å². The first kappa shape index (κ1) is 13.7. The molecule has 88 valence electrons. The minimum atomic E-state index is 0.0706. The van der Waals surface area contributed by atoms with Gasteiger partial charge in [0.2, 0.25) is 0 Å². The number of carbonyl (C=O) groups excluding carboxylic acids is 1. The lowest BCUT2D eigenvalue weighted by atomic mass is 10.0. The summed E-state index contributed by atoms with van der Waals surface area (Å²) < 4.78 is 0.